The van der Waals surface area contributed by atoms with E-state index in [0.29, 0.717) is 19.3 Å². The van der Waals surface area contributed by atoms with Crippen LogP contribution in [0.2, 0.25) is 0 Å². The van der Waals surface area contributed by atoms with Gasteiger partial charge in [0.25, 0.3) is 0 Å². The summed E-state index contributed by atoms with van der Waals surface area (Å²) in [6, 6.07) is 0. The van der Waals surface area contributed by atoms with Crippen molar-refractivity contribution in [2.45, 2.75) is 71.6 Å². The van der Waals surface area contributed by atoms with Crippen molar-refractivity contribution in [3.63, 3.8) is 0 Å². The molecule has 0 saturated carbocycles. The van der Waals surface area contributed by atoms with E-state index < -0.39 is 48.9 Å². The fourth-order valence-corrected chi connectivity index (χ4v) is 8.06. The first-order chi connectivity index (χ1) is 11.3. The minimum absolute atomic E-state index is 0.0537. The van der Waals surface area contributed by atoms with Gasteiger partial charge in [-0.15, -0.1) is 0 Å². The Labute approximate surface area is 144 Å². The van der Waals surface area contributed by atoms with Gasteiger partial charge in [0, 0.05) is 0 Å². The number of allylic oxidation sites excluding steroid dienone is 1. The first-order valence-electron chi connectivity index (χ1n) is 8.54. The molecular weight excluding hydrogens is 375 g/mol. The average molecular weight is 402 g/mol. The van der Waals surface area contributed by atoms with E-state index in [4.69, 9.17) is 0 Å². The molecule has 0 fully saturated rings. The molecule has 9 heteroatoms. The Bertz CT molecular complexity index is 410. The van der Waals surface area contributed by atoms with Gasteiger partial charge in [-0.05, 0) is 0 Å². The molecule has 0 radical (unpaired) electrons. The third kappa shape index (κ3) is 6.37. The zero-order chi connectivity index (χ0) is 20.0. The summed E-state index contributed by atoms with van der Waals surface area (Å²) in [7, 11) is 0. The van der Waals surface area contributed by atoms with Crippen molar-refractivity contribution in [3.05, 3.63) is 11.1 Å². The molecule has 152 valence electrons. The number of alkyl halides is 6. The molecule has 0 amide bonds. The zero-order valence-electron chi connectivity index (χ0n) is 14.8. The van der Waals surface area contributed by atoms with Crippen LogP contribution in [0.3, 0.4) is 0 Å². The molecule has 0 aliphatic heterocycles. The standard InChI is InChI=1S/C16H27F8P/c1-4-7-10-25(24,11-8-5-2,12-9-6-3)14(17)13(15(18,19)20)16(21,22)23/h4-12H2,1-3H3. The van der Waals surface area contributed by atoms with Crippen LogP contribution < -0.4 is 0 Å². The molecule has 0 spiro atoms. The second-order valence-corrected chi connectivity index (χ2v) is 11.4. The summed E-state index contributed by atoms with van der Waals surface area (Å²) < 4.78 is 109. The van der Waals surface area contributed by atoms with Gasteiger partial charge in [0.1, 0.15) is 0 Å². The van der Waals surface area contributed by atoms with Crippen LogP contribution in [0.25, 0.3) is 0 Å². The van der Waals surface area contributed by atoms with Crippen molar-refractivity contribution in [1.29, 1.82) is 0 Å². The summed E-state index contributed by atoms with van der Waals surface area (Å²) in [4.78, 5) is 0. The fraction of sp³-hybridized carbons (Fsp3) is 0.875. The molecule has 0 atom stereocenters. The van der Waals surface area contributed by atoms with Gasteiger partial charge in [-0.3, -0.25) is 0 Å². The quantitative estimate of drug-likeness (QED) is 0.256. The van der Waals surface area contributed by atoms with Crippen molar-refractivity contribution in [1.82, 2.24) is 0 Å². The van der Waals surface area contributed by atoms with E-state index in [1.807, 2.05) is 0 Å². The van der Waals surface area contributed by atoms with Crippen LogP contribution in [0.1, 0.15) is 59.3 Å². The van der Waals surface area contributed by atoms with Crippen molar-refractivity contribution in [3.8, 4) is 0 Å². The van der Waals surface area contributed by atoms with Gasteiger partial charge in [0.05, 0.1) is 0 Å². The first-order valence-corrected chi connectivity index (χ1v) is 11.2. The van der Waals surface area contributed by atoms with Crippen molar-refractivity contribution in [2.75, 3.05) is 18.5 Å². The number of hydrogen-bond donors (Lipinski definition) is 0. The number of unbranched alkanes of at least 4 members (excludes halogenated alkanes) is 3. The Morgan fingerprint density at radius 2 is 0.960 bits per heavy atom. The predicted molar refractivity (Wildman–Crippen MR) is 87.6 cm³/mol. The second-order valence-electron chi connectivity index (χ2n) is 6.48. The number of rotatable bonds is 10. The third-order valence-corrected chi connectivity index (χ3v) is 9.57. The third-order valence-electron chi connectivity index (χ3n) is 4.34. The summed E-state index contributed by atoms with van der Waals surface area (Å²) in [6.07, 6.45) is -12.4. The van der Waals surface area contributed by atoms with E-state index in [-0.39, 0.29) is 19.3 Å². The van der Waals surface area contributed by atoms with Crippen molar-refractivity contribution < 1.29 is 34.9 Å². The average Bonchev–Trinajstić information content (AvgIpc) is 2.46. The molecule has 0 aromatic rings. The Hall–Kier alpha value is -0.390. The normalized spacial score (nSPS) is 14.9. The summed E-state index contributed by atoms with van der Waals surface area (Å²) in [5.74, 6) is 0. The Balaban J connectivity index is 6.62. The SMILES string of the molecule is CCCCP(F)(CCCC)(CCCC)C(F)=C(C(F)(F)F)C(F)(F)F. The predicted octanol–water partition coefficient (Wildman–Crippen LogP) is 8.13. The van der Waals surface area contributed by atoms with E-state index in [1.165, 1.54) is 0 Å². The molecule has 0 aliphatic carbocycles. The molecule has 0 saturated heterocycles. The topological polar surface area (TPSA) is 0 Å². The van der Waals surface area contributed by atoms with E-state index in [0.717, 1.165) is 0 Å². The van der Waals surface area contributed by atoms with Gasteiger partial charge in [-0.1, -0.05) is 0 Å². The van der Waals surface area contributed by atoms with Gasteiger partial charge in [0.15, 0.2) is 0 Å². The maximum atomic E-state index is 16.1. The molecule has 0 N–H and O–H groups in total. The van der Waals surface area contributed by atoms with E-state index >= 15 is 4.20 Å². The van der Waals surface area contributed by atoms with Crippen molar-refractivity contribution in [2.24, 2.45) is 0 Å². The Morgan fingerprint density at radius 3 is 1.16 bits per heavy atom. The summed E-state index contributed by atoms with van der Waals surface area (Å²) >= 11 is 0. The van der Waals surface area contributed by atoms with Crippen LogP contribution in [0.5, 0.6) is 0 Å². The molecule has 0 rings (SSSR count). The van der Waals surface area contributed by atoms with Gasteiger partial charge >= 0.3 is 143 Å². The molecule has 0 unspecified atom stereocenters. The van der Waals surface area contributed by atoms with Crippen LogP contribution in [0.15, 0.2) is 11.1 Å². The van der Waals surface area contributed by atoms with Gasteiger partial charge in [0.2, 0.25) is 0 Å². The van der Waals surface area contributed by atoms with E-state index in [1.54, 1.807) is 20.8 Å². The van der Waals surface area contributed by atoms with Crippen LogP contribution in [0.4, 0.5) is 34.9 Å². The molecule has 0 aliphatic rings. The van der Waals surface area contributed by atoms with E-state index in [2.05, 4.69) is 0 Å². The minimum atomic E-state index is -5.98. The molecular formula is C16H27F8P. The van der Waals surface area contributed by atoms with Crippen LogP contribution in [0, 0.1) is 0 Å². The summed E-state index contributed by atoms with van der Waals surface area (Å²) in [6.45, 7) is -0.564. The van der Waals surface area contributed by atoms with Gasteiger partial charge in [-0.2, -0.15) is 0 Å². The van der Waals surface area contributed by atoms with E-state index in [9.17, 15) is 30.7 Å². The van der Waals surface area contributed by atoms with Crippen LogP contribution in [-0.2, 0) is 0 Å². The first kappa shape index (κ1) is 24.6. The van der Waals surface area contributed by atoms with Gasteiger partial charge in [-0.25, -0.2) is 0 Å². The number of hydrogen-bond acceptors (Lipinski definition) is 0. The van der Waals surface area contributed by atoms with Crippen LogP contribution in [-0.4, -0.2) is 30.8 Å². The molecule has 0 heterocycles. The van der Waals surface area contributed by atoms with Crippen molar-refractivity contribution >= 4 is 6.91 Å². The molecule has 0 bridgehead atoms. The molecule has 0 aromatic heterocycles. The second kappa shape index (κ2) is 9.01. The summed E-state index contributed by atoms with van der Waals surface area (Å²) in [5.41, 5.74) is -5.86. The van der Waals surface area contributed by atoms with Gasteiger partial charge < -0.3 is 0 Å². The van der Waals surface area contributed by atoms with Crippen LogP contribution >= 0.6 is 6.91 Å². The molecule has 0 nitrogen and oxygen atoms in total. The molecule has 0 aromatic carbocycles. The maximum absolute atomic E-state index is 16.1. The Morgan fingerprint density at radius 1 is 0.680 bits per heavy atom. The Kier molecular flexibility index (Phi) is 8.86. The number of halogens is 8. The fourth-order valence-electron chi connectivity index (χ4n) is 2.87. The summed E-state index contributed by atoms with van der Waals surface area (Å²) in [5, 5.41) is 0. The molecule has 25 heavy (non-hydrogen) atoms. The zero-order valence-corrected chi connectivity index (χ0v) is 15.7. The monoisotopic (exact) mass is 402 g/mol.